The van der Waals surface area contributed by atoms with Gasteiger partial charge in [0.1, 0.15) is 6.17 Å². The van der Waals surface area contributed by atoms with E-state index in [9.17, 15) is 4.39 Å². The van der Waals surface area contributed by atoms with E-state index in [0.717, 1.165) is 29.5 Å². The lowest BCUT2D eigenvalue weighted by Gasteiger charge is -2.13. The molecule has 1 aliphatic rings. The molecule has 1 fully saturated rings. The Hall–Kier alpha value is -0.410. The zero-order valence-electron chi connectivity index (χ0n) is 8.55. The molecule has 3 heteroatoms. The summed E-state index contributed by atoms with van der Waals surface area (Å²) in [6, 6.07) is 7.51. The molecular weight excluding hydrogens is 257 g/mol. The predicted octanol–water partition coefficient (Wildman–Crippen LogP) is 3.46. The summed E-state index contributed by atoms with van der Waals surface area (Å²) in [7, 11) is 0. The SMILES string of the molecule is FC(CC1CCNC1)c1ccc(Br)cc1. The Balaban J connectivity index is 1.94. The lowest BCUT2D eigenvalue weighted by atomic mass is 9.97. The van der Waals surface area contributed by atoms with E-state index in [2.05, 4.69) is 21.2 Å². The van der Waals surface area contributed by atoms with Crippen molar-refractivity contribution in [1.29, 1.82) is 0 Å². The van der Waals surface area contributed by atoms with E-state index in [0.29, 0.717) is 12.3 Å². The summed E-state index contributed by atoms with van der Waals surface area (Å²) >= 11 is 3.35. The van der Waals surface area contributed by atoms with Crippen LogP contribution >= 0.6 is 15.9 Å². The first kappa shape index (κ1) is 11.1. The van der Waals surface area contributed by atoms with Crippen molar-refractivity contribution in [2.45, 2.75) is 19.0 Å². The molecule has 15 heavy (non-hydrogen) atoms. The molecule has 1 heterocycles. The minimum Gasteiger partial charge on any atom is -0.316 e. The summed E-state index contributed by atoms with van der Waals surface area (Å²) < 4.78 is 14.9. The van der Waals surface area contributed by atoms with Crippen molar-refractivity contribution in [1.82, 2.24) is 5.32 Å². The van der Waals surface area contributed by atoms with Crippen LogP contribution in [0.25, 0.3) is 0 Å². The molecule has 0 spiro atoms. The van der Waals surface area contributed by atoms with Gasteiger partial charge in [0.2, 0.25) is 0 Å². The highest BCUT2D eigenvalue weighted by Crippen LogP contribution is 2.28. The predicted molar refractivity (Wildman–Crippen MR) is 63.6 cm³/mol. The van der Waals surface area contributed by atoms with Crippen LogP contribution in [0.3, 0.4) is 0 Å². The zero-order valence-corrected chi connectivity index (χ0v) is 10.1. The number of rotatable bonds is 3. The number of alkyl halides is 1. The third-order valence-corrected chi connectivity index (χ3v) is 3.46. The van der Waals surface area contributed by atoms with Gasteiger partial charge in [0.15, 0.2) is 0 Å². The summed E-state index contributed by atoms with van der Waals surface area (Å²) in [5, 5.41) is 3.26. The third-order valence-electron chi connectivity index (χ3n) is 2.93. The van der Waals surface area contributed by atoms with E-state index in [1.807, 2.05) is 24.3 Å². The van der Waals surface area contributed by atoms with Gasteiger partial charge in [-0.25, -0.2) is 4.39 Å². The fraction of sp³-hybridized carbons (Fsp3) is 0.500. The monoisotopic (exact) mass is 271 g/mol. The van der Waals surface area contributed by atoms with Gasteiger partial charge in [-0.05, 0) is 49.5 Å². The van der Waals surface area contributed by atoms with E-state index < -0.39 is 6.17 Å². The minimum atomic E-state index is -0.817. The van der Waals surface area contributed by atoms with Crippen molar-refractivity contribution in [2.24, 2.45) is 5.92 Å². The van der Waals surface area contributed by atoms with Crippen LogP contribution in [-0.2, 0) is 0 Å². The van der Waals surface area contributed by atoms with E-state index in [4.69, 9.17) is 0 Å². The Morgan fingerprint density at radius 3 is 2.73 bits per heavy atom. The van der Waals surface area contributed by atoms with Crippen LogP contribution in [0.4, 0.5) is 4.39 Å². The maximum atomic E-state index is 13.9. The smallest absolute Gasteiger partial charge is 0.125 e. The molecule has 1 nitrogen and oxygen atoms in total. The van der Waals surface area contributed by atoms with Gasteiger partial charge in [-0.15, -0.1) is 0 Å². The van der Waals surface area contributed by atoms with E-state index in [1.54, 1.807) is 0 Å². The molecule has 0 saturated carbocycles. The summed E-state index contributed by atoms with van der Waals surface area (Å²) in [4.78, 5) is 0. The van der Waals surface area contributed by atoms with Crippen LogP contribution in [0.1, 0.15) is 24.6 Å². The molecule has 1 aromatic carbocycles. The first-order valence-electron chi connectivity index (χ1n) is 5.36. The first-order valence-corrected chi connectivity index (χ1v) is 6.15. The van der Waals surface area contributed by atoms with Gasteiger partial charge in [0.25, 0.3) is 0 Å². The molecule has 2 atom stereocenters. The average molecular weight is 272 g/mol. The highest BCUT2D eigenvalue weighted by Gasteiger charge is 2.20. The normalized spacial score (nSPS) is 22.9. The molecular formula is C12H15BrFN. The maximum absolute atomic E-state index is 13.9. The molecule has 0 amide bonds. The van der Waals surface area contributed by atoms with Crippen molar-refractivity contribution in [3.63, 3.8) is 0 Å². The second-order valence-electron chi connectivity index (χ2n) is 4.11. The van der Waals surface area contributed by atoms with Crippen LogP contribution in [0.5, 0.6) is 0 Å². The molecule has 1 N–H and O–H groups in total. The highest BCUT2D eigenvalue weighted by molar-refractivity contribution is 9.10. The molecule has 2 rings (SSSR count). The number of hydrogen-bond donors (Lipinski definition) is 1. The quantitative estimate of drug-likeness (QED) is 0.888. The largest absolute Gasteiger partial charge is 0.316 e. The molecule has 0 bridgehead atoms. The second-order valence-corrected chi connectivity index (χ2v) is 5.03. The molecule has 0 radical (unpaired) electrons. The first-order chi connectivity index (χ1) is 7.25. The Kier molecular flexibility index (Phi) is 3.76. The minimum absolute atomic E-state index is 0.503. The van der Waals surface area contributed by atoms with Crippen LogP contribution in [0.15, 0.2) is 28.7 Å². The van der Waals surface area contributed by atoms with Gasteiger partial charge in [-0.2, -0.15) is 0 Å². The van der Waals surface area contributed by atoms with E-state index >= 15 is 0 Å². The van der Waals surface area contributed by atoms with Gasteiger partial charge in [0, 0.05) is 4.47 Å². The molecule has 0 aliphatic carbocycles. The van der Waals surface area contributed by atoms with Gasteiger partial charge in [-0.3, -0.25) is 0 Å². The number of hydrogen-bond acceptors (Lipinski definition) is 1. The Morgan fingerprint density at radius 2 is 2.13 bits per heavy atom. The van der Waals surface area contributed by atoms with Crippen LogP contribution < -0.4 is 5.32 Å². The van der Waals surface area contributed by atoms with Crippen molar-refractivity contribution < 1.29 is 4.39 Å². The Labute approximate surface area is 98.2 Å². The van der Waals surface area contributed by atoms with Crippen molar-refractivity contribution in [3.05, 3.63) is 34.3 Å². The van der Waals surface area contributed by atoms with Crippen molar-refractivity contribution in [3.8, 4) is 0 Å². The lowest BCUT2D eigenvalue weighted by Crippen LogP contribution is -2.10. The average Bonchev–Trinajstić information content (AvgIpc) is 2.71. The van der Waals surface area contributed by atoms with Crippen LogP contribution in [-0.4, -0.2) is 13.1 Å². The van der Waals surface area contributed by atoms with Crippen LogP contribution in [0, 0.1) is 5.92 Å². The standard InChI is InChI=1S/C12H15BrFN/c13-11-3-1-10(2-4-11)12(14)7-9-5-6-15-8-9/h1-4,9,12,15H,5-8H2. The Bertz CT molecular complexity index is 306. The molecule has 1 saturated heterocycles. The van der Waals surface area contributed by atoms with Crippen molar-refractivity contribution in [2.75, 3.05) is 13.1 Å². The topological polar surface area (TPSA) is 12.0 Å². The highest BCUT2D eigenvalue weighted by atomic mass is 79.9. The third kappa shape index (κ3) is 3.02. The molecule has 0 aromatic heterocycles. The van der Waals surface area contributed by atoms with Crippen LogP contribution in [0.2, 0.25) is 0 Å². The Morgan fingerprint density at radius 1 is 1.40 bits per heavy atom. The molecule has 1 aromatic rings. The lowest BCUT2D eigenvalue weighted by molar-refractivity contribution is 0.281. The molecule has 2 unspecified atom stereocenters. The number of halogens is 2. The fourth-order valence-electron chi connectivity index (χ4n) is 2.02. The molecule has 82 valence electrons. The summed E-state index contributed by atoms with van der Waals surface area (Å²) in [6.45, 7) is 2.01. The maximum Gasteiger partial charge on any atom is 0.125 e. The number of benzene rings is 1. The van der Waals surface area contributed by atoms with Gasteiger partial charge < -0.3 is 5.32 Å². The summed E-state index contributed by atoms with van der Waals surface area (Å²) in [6.07, 6.45) is 0.939. The van der Waals surface area contributed by atoms with E-state index in [-0.39, 0.29) is 0 Å². The molecule has 1 aliphatic heterocycles. The van der Waals surface area contributed by atoms with Gasteiger partial charge in [0.05, 0.1) is 0 Å². The van der Waals surface area contributed by atoms with Gasteiger partial charge in [-0.1, -0.05) is 28.1 Å². The summed E-state index contributed by atoms with van der Waals surface area (Å²) in [5.41, 5.74) is 0.796. The second kappa shape index (κ2) is 5.08. The van der Waals surface area contributed by atoms with Gasteiger partial charge >= 0.3 is 0 Å². The van der Waals surface area contributed by atoms with E-state index in [1.165, 1.54) is 0 Å². The van der Waals surface area contributed by atoms with Crippen molar-refractivity contribution >= 4 is 15.9 Å². The number of nitrogens with one attached hydrogen (secondary N) is 1. The summed E-state index contributed by atoms with van der Waals surface area (Å²) in [5.74, 6) is 0.503. The zero-order chi connectivity index (χ0) is 10.7. The fourth-order valence-corrected chi connectivity index (χ4v) is 2.28.